The molecule has 0 spiro atoms. The van der Waals surface area contributed by atoms with Gasteiger partial charge in [-0.25, -0.2) is 14.8 Å². The highest BCUT2D eigenvalue weighted by Gasteiger charge is 2.41. The van der Waals surface area contributed by atoms with Crippen molar-refractivity contribution in [2.24, 2.45) is 0 Å². The fourth-order valence-electron chi connectivity index (χ4n) is 4.69. The normalized spacial score (nSPS) is 17.7. The molecule has 1 aromatic heterocycles. The Bertz CT molecular complexity index is 1210. The molecule has 1 aliphatic rings. The number of carbonyl (C=O) groups is 2. The van der Waals surface area contributed by atoms with Crippen molar-refractivity contribution in [3.8, 4) is 0 Å². The van der Waals surface area contributed by atoms with E-state index in [9.17, 15) is 35.9 Å². The van der Waals surface area contributed by atoms with E-state index in [-0.39, 0.29) is 43.0 Å². The van der Waals surface area contributed by atoms with Gasteiger partial charge in [-0.05, 0) is 69.4 Å². The average Bonchev–Trinajstić information content (AvgIpc) is 3.33. The number of carbonyl (C=O) groups excluding carboxylic acids is 2. The summed E-state index contributed by atoms with van der Waals surface area (Å²) in [6.45, 7) is 6.71. The molecule has 2 atom stereocenters. The zero-order chi connectivity index (χ0) is 31.5. The molecule has 1 fully saturated rings. The Labute approximate surface area is 240 Å². The van der Waals surface area contributed by atoms with E-state index in [0.29, 0.717) is 30.5 Å². The smallest absolute Gasteiger partial charge is 0.416 e. The van der Waals surface area contributed by atoms with Gasteiger partial charge in [-0.15, -0.1) is 0 Å². The molecule has 2 aromatic rings. The van der Waals surface area contributed by atoms with Crippen molar-refractivity contribution in [3.63, 3.8) is 0 Å². The monoisotopic (exact) mass is 604 g/mol. The van der Waals surface area contributed by atoms with Gasteiger partial charge in [0.05, 0.1) is 24.3 Å². The number of benzene rings is 1. The third-order valence-electron chi connectivity index (χ3n) is 6.73. The highest BCUT2D eigenvalue weighted by atomic mass is 19.4. The topological polar surface area (TPSA) is 84.9 Å². The summed E-state index contributed by atoms with van der Waals surface area (Å²) in [6.07, 6.45) is -6.49. The molecule has 1 aromatic carbocycles. The fraction of sp³-hybridized carbons (Fsp3) is 0.571. The Balaban J connectivity index is 2.01. The number of alkyl halides is 6. The number of methoxy groups -OCH3 is 1. The lowest BCUT2D eigenvalue weighted by Gasteiger charge is -2.30. The second kappa shape index (κ2) is 12.7. The van der Waals surface area contributed by atoms with Gasteiger partial charge in [0, 0.05) is 37.9 Å². The molecule has 14 heteroatoms. The second-order valence-corrected chi connectivity index (χ2v) is 11.1. The number of aromatic nitrogens is 2. The van der Waals surface area contributed by atoms with Gasteiger partial charge in [0.25, 0.3) is 0 Å². The summed E-state index contributed by atoms with van der Waals surface area (Å²) in [5.74, 6) is -0.391. The van der Waals surface area contributed by atoms with Crippen LogP contribution in [0.2, 0.25) is 0 Å². The van der Waals surface area contributed by atoms with Gasteiger partial charge in [0.1, 0.15) is 5.60 Å². The Morgan fingerprint density at radius 2 is 1.55 bits per heavy atom. The Hall–Kier alpha value is -3.58. The van der Waals surface area contributed by atoms with Gasteiger partial charge in [-0.3, -0.25) is 4.79 Å². The van der Waals surface area contributed by atoms with Crippen LogP contribution in [-0.2, 0) is 39.6 Å². The number of halogens is 6. The second-order valence-electron chi connectivity index (χ2n) is 11.1. The van der Waals surface area contributed by atoms with Crippen molar-refractivity contribution in [2.75, 3.05) is 18.6 Å². The first-order valence-electron chi connectivity index (χ1n) is 13.3. The van der Waals surface area contributed by atoms with Crippen LogP contribution in [0.15, 0.2) is 30.6 Å². The Morgan fingerprint density at radius 1 is 0.976 bits per heavy atom. The quantitative estimate of drug-likeness (QED) is 0.254. The van der Waals surface area contributed by atoms with E-state index in [0.717, 1.165) is 0 Å². The van der Waals surface area contributed by atoms with Crippen LogP contribution in [0.4, 0.5) is 37.1 Å². The summed E-state index contributed by atoms with van der Waals surface area (Å²) in [6, 6.07) is 0.578. The predicted molar refractivity (Wildman–Crippen MR) is 140 cm³/mol. The largest absolute Gasteiger partial charge is 0.469 e. The number of hydrogen-bond acceptors (Lipinski definition) is 7. The van der Waals surface area contributed by atoms with Crippen LogP contribution < -0.4 is 4.90 Å². The van der Waals surface area contributed by atoms with Crippen LogP contribution in [-0.4, -0.2) is 58.3 Å². The lowest BCUT2D eigenvalue weighted by Crippen LogP contribution is -2.42. The summed E-state index contributed by atoms with van der Waals surface area (Å²) in [5.41, 5.74) is -3.31. The molecule has 2 unspecified atom stereocenters. The lowest BCUT2D eigenvalue weighted by atomic mass is 10.0. The van der Waals surface area contributed by atoms with E-state index >= 15 is 0 Å². The number of ether oxygens (including phenoxy) is 2. The third kappa shape index (κ3) is 8.71. The van der Waals surface area contributed by atoms with Crippen LogP contribution in [0.1, 0.15) is 69.2 Å². The molecule has 1 amide bonds. The van der Waals surface area contributed by atoms with Crippen LogP contribution >= 0.6 is 0 Å². The molecule has 3 rings (SSSR count). The number of nitrogens with zero attached hydrogens (tertiary/aromatic N) is 4. The molecule has 0 saturated carbocycles. The van der Waals surface area contributed by atoms with E-state index in [1.165, 1.54) is 29.3 Å². The number of aryl methyl sites for hydroxylation is 1. The van der Waals surface area contributed by atoms with Crippen molar-refractivity contribution in [1.82, 2.24) is 14.9 Å². The van der Waals surface area contributed by atoms with Crippen molar-refractivity contribution in [3.05, 3.63) is 52.8 Å². The zero-order valence-corrected chi connectivity index (χ0v) is 24.0. The van der Waals surface area contributed by atoms with Gasteiger partial charge in [-0.1, -0.05) is 6.92 Å². The first-order chi connectivity index (χ1) is 19.4. The van der Waals surface area contributed by atoms with Gasteiger partial charge < -0.3 is 19.3 Å². The molecule has 8 nitrogen and oxygen atoms in total. The summed E-state index contributed by atoms with van der Waals surface area (Å²) >= 11 is 0. The van der Waals surface area contributed by atoms with E-state index in [1.807, 2.05) is 6.92 Å². The Morgan fingerprint density at radius 3 is 2.02 bits per heavy atom. The molecule has 0 bridgehead atoms. The highest BCUT2D eigenvalue weighted by molar-refractivity contribution is 5.70. The molecule has 1 aliphatic heterocycles. The van der Waals surface area contributed by atoms with Crippen molar-refractivity contribution < 1.29 is 45.4 Å². The van der Waals surface area contributed by atoms with Crippen LogP contribution in [0.3, 0.4) is 0 Å². The maximum atomic E-state index is 13.6. The molecule has 42 heavy (non-hydrogen) atoms. The van der Waals surface area contributed by atoms with Crippen molar-refractivity contribution in [1.29, 1.82) is 0 Å². The standard InChI is InChI=1S/C28H34F6N4O4/c1-6-21-12-22(16-38(21)25(40)42-26(2,3)4)37(24-35-13-17(14-36-24)7-8-23(39)41-5)15-18-9-19(27(29,30)31)11-20(10-18)28(32,33)34/h9-11,13-14,21-22H,6-8,12,15-16H2,1-5H3. The van der Waals surface area contributed by atoms with Gasteiger partial charge in [0.2, 0.25) is 5.95 Å². The van der Waals surface area contributed by atoms with Crippen LogP contribution in [0.5, 0.6) is 0 Å². The fourth-order valence-corrected chi connectivity index (χ4v) is 4.69. The zero-order valence-electron chi connectivity index (χ0n) is 24.0. The van der Waals surface area contributed by atoms with E-state index in [1.54, 1.807) is 20.8 Å². The minimum atomic E-state index is -5.01. The van der Waals surface area contributed by atoms with E-state index < -0.39 is 53.7 Å². The van der Waals surface area contributed by atoms with Gasteiger partial charge >= 0.3 is 24.4 Å². The maximum Gasteiger partial charge on any atom is 0.416 e. The molecule has 0 aliphatic carbocycles. The molecular formula is C28H34F6N4O4. The predicted octanol–water partition coefficient (Wildman–Crippen LogP) is 6.41. The number of esters is 1. The minimum absolute atomic E-state index is 0.0497. The summed E-state index contributed by atoms with van der Waals surface area (Å²) < 4.78 is 91.6. The SMILES string of the molecule is CCC1CC(N(Cc2cc(C(F)(F)F)cc(C(F)(F)F)c2)c2ncc(CCC(=O)OC)cn2)CN1C(=O)OC(C)(C)C. The van der Waals surface area contributed by atoms with Crippen LogP contribution in [0.25, 0.3) is 0 Å². The lowest BCUT2D eigenvalue weighted by molar-refractivity contribution is -0.143. The first kappa shape index (κ1) is 32.9. The van der Waals surface area contributed by atoms with E-state index in [2.05, 4.69) is 14.7 Å². The maximum absolute atomic E-state index is 13.6. The molecule has 0 radical (unpaired) electrons. The van der Waals surface area contributed by atoms with Crippen molar-refractivity contribution >= 4 is 18.0 Å². The Kier molecular flexibility index (Phi) is 9.99. The number of anilines is 1. The van der Waals surface area contributed by atoms with Crippen molar-refractivity contribution in [2.45, 2.75) is 90.0 Å². The highest BCUT2D eigenvalue weighted by Crippen LogP contribution is 2.37. The first-order valence-corrected chi connectivity index (χ1v) is 13.3. The summed E-state index contributed by atoms with van der Waals surface area (Å²) in [4.78, 5) is 36.1. The van der Waals surface area contributed by atoms with Crippen LogP contribution in [0, 0.1) is 0 Å². The molecular weight excluding hydrogens is 570 g/mol. The number of likely N-dealkylation sites (tertiary alicyclic amines) is 1. The number of hydrogen-bond donors (Lipinski definition) is 0. The summed E-state index contributed by atoms with van der Waals surface area (Å²) in [5, 5.41) is 0. The number of rotatable bonds is 8. The minimum Gasteiger partial charge on any atom is -0.469 e. The molecule has 1 saturated heterocycles. The van der Waals surface area contributed by atoms with Gasteiger partial charge in [-0.2, -0.15) is 26.3 Å². The van der Waals surface area contributed by atoms with Gasteiger partial charge in [0.15, 0.2) is 0 Å². The molecule has 0 N–H and O–H groups in total. The molecule has 2 heterocycles. The number of amides is 1. The average molecular weight is 605 g/mol. The third-order valence-corrected chi connectivity index (χ3v) is 6.73. The van der Waals surface area contributed by atoms with E-state index in [4.69, 9.17) is 4.74 Å². The molecule has 232 valence electrons. The summed E-state index contributed by atoms with van der Waals surface area (Å²) in [7, 11) is 1.25.